The van der Waals surface area contributed by atoms with E-state index in [0.29, 0.717) is 6.42 Å². The Morgan fingerprint density at radius 3 is 2.95 bits per heavy atom. The summed E-state index contributed by atoms with van der Waals surface area (Å²) in [7, 11) is 0. The normalized spacial score (nSPS) is 10.8. The number of nitrogens with zero attached hydrogens (tertiary/aromatic N) is 2. The van der Waals surface area contributed by atoms with E-state index >= 15 is 0 Å². The first-order valence-corrected chi connectivity index (χ1v) is 6.65. The van der Waals surface area contributed by atoms with Crippen molar-refractivity contribution < 1.29 is 4.79 Å². The van der Waals surface area contributed by atoms with Gasteiger partial charge in [0, 0.05) is 25.4 Å². The van der Waals surface area contributed by atoms with Gasteiger partial charge < -0.3 is 14.9 Å². The van der Waals surface area contributed by atoms with Crippen LogP contribution in [0.15, 0.2) is 49.1 Å². The minimum atomic E-state index is 0.0210. The molecule has 3 rings (SSSR count). The number of benzene rings is 1. The highest BCUT2D eigenvalue weighted by atomic mass is 16.1. The number of aryl methyl sites for hydroxylation is 1. The molecule has 0 bridgehead atoms. The summed E-state index contributed by atoms with van der Waals surface area (Å²) in [4.78, 5) is 19.2. The number of aromatic nitrogens is 3. The highest BCUT2D eigenvalue weighted by Crippen LogP contribution is 2.19. The molecule has 0 aliphatic heterocycles. The highest BCUT2D eigenvalue weighted by Gasteiger charge is 2.07. The molecule has 0 aliphatic carbocycles. The van der Waals surface area contributed by atoms with Crippen molar-refractivity contribution in [3.05, 3.63) is 49.1 Å². The summed E-state index contributed by atoms with van der Waals surface area (Å²) in [6.07, 6.45) is 6.95. The van der Waals surface area contributed by atoms with E-state index in [2.05, 4.69) is 19.9 Å². The second kappa shape index (κ2) is 5.61. The van der Waals surface area contributed by atoms with Crippen LogP contribution in [0.4, 0.5) is 5.69 Å². The molecule has 20 heavy (non-hydrogen) atoms. The Morgan fingerprint density at radius 1 is 1.25 bits per heavy atom. The van der Waals surface area contributed by atoms with E-state index in [1.54, 1.807) is 6.33 Å². The van der Waals surface area contributed by atoms with Gasteiger partial charge in [0.25, 0.3) is 0 Å². The molecule has 5 nitrogen and oxygen atoms in total. The van der Waals surface area contributed by atoms with Crippen molar-refractivity contribution in [1.29, 1.82) is 0 Å². The van der Waals surface area contributed by atoms with Crippen LogP contribution in [0, 0.1) is 0 Å². The van der Waals surface area contributed by atoms with Gasteiger partial charge in [0.2, 0.25) is 5.91 Å². The molecule has 1 amide bonds. The summed E-state index contributed by atoms with van der Waals surface area (Å²) in [6, 6.07) is 9.67. The molecule has 0 atom stereocenters. The summed E-state index contributed by atoms with van der Waals surface area (Å²) in [6.45, 7) is 0.854. The van der Waals surface area contributed by atoms with E-state index in [4.69, 9.17) is 0 Å². The number of para-hydroxylation sites is 1. The van der Waals surface area contributed by atoms with Crippen molar-refractivity contribution in [3.8, 4) is 0 Å². The Bertz CT molecular complexity index is 700. The maximum Gasteiger partial charge on any atom is 0.224 e. The molecule has 0 radical (unpaired) electrons. The predicted octanol–water partition coefficient (Wildman–Crippen LogP) is 2.78. The third-order valence-corrected chi connectivity index (χ3v) is 3.21. The number of amides is 1. The first-order chi connectivity index (χ1) is 9.83. The Balaban J connectivity index is 1.57. The molecule has 0 saturated heterocycles. The van der Waals surface area contributed by atoms with Crippen LogP contribution in [-0.2, 0) is 11.3 Å². The van der Waals surface area contributed by atoms with Crippen LogP contribution in [0.5, 0.6) is 0 Å². The first kappa shape index (κ1) is 12.5. The van der Waals surface area contributed by atoms with Crippen LogP contribution >= 0.6 is 0 Å². The molecular formula is C15H16N4O. The number of aromatic amines is 1. The highest BCUT2D eigenvalue weighted by molar-refractivity contribution is 5.99. The number of hydrogen-bond acceptors (Lipinski definition) is 2. The summed E-state index contributed by atoms with van der Waals surface area (Å²) in [5, 5.41) is 2.92. The topological polar surface area (TPSA) is 62.7 Å². The van der Waals surface area contributed by atoms with Gasteiger partial charge in [0.15, 0.2) is 0 Å². The monoisotopic (exact) mass is 268 g/mol. The molecule has 3 aromatic rings. The van der Waals surface area contributed by atoms with Gasteiger partial charge in [-0.05, 0) is 30.7 Å². The number of carbonyl (C=O) groups excluding carboxylic acids is 1. The molecule has 1 aromatic carbocycles. The van der Waals surface area contributed by atoms with Gasteiger partial charge >= 0.3 is 0 Å². The molecule has 0 fully saturated rings. The number of rotatable bonds is 5. The molecule has 2 aromatic heterocycles. The minimum absolute atomic E-state index is 0.0210. The molecule has 0 spiro atoms. The molecule has 102 valence electrons. The van der Waals surface area contributed by atoms with E-state index in [0.717, 1.165) is 29.7 Å². The second-order valence-electron chi connectivity index (χ2n) is 4.68. The third kappa shape index (κ3) is 2.71. The predicted molar refractivity (Wildman–Crippen MR) is 78.4 cm³/mol. The van der Waals surface area contributed by atoms with Gasteiger partial charge in [0.05, 0.1) is 17.5 Å². The quantitative estimate of drug-likeness (QED) is 0.747. The maximum absolute atomic E-state index is 11.9. The first-order valence-electron chi connectivity index (χ1n) is 6.65. The van der Waals surface area contributed by atoms with E-state index in [9.17, 15) is 4.79 Å². The number of fused-ring (bicyclic) bond motifs is 1. The van der Waals surface area contributed by atoms with E-state index in [1.807, 2.05) is 42.7 Å². The van der Waals surface area contributed by atoms with Gasteiger partial charge in [-0.2, -0.15) is 0 Å². The number of nitrogens with one attached hydrogen (secondary N) is 2. The van der Waals surface area contributed by atoms with Crippen molar-refractivity contribution in [2.75, 3.05) is 5.32 Å². The summed E-state index contributed by atoms with van der Waals surface area (Å²) >= 11 is 0. The molecule has 2 heterocycles. The lowest BCUT2D eigenvalue weighted by atomic mass is 10.2. The van der Waals surface area contributed by atoms with Crippen LogP contribution in [0.2, 0.25) is 0 Å². The van der Waals surface area contributed by atoms with Gasteiger partial charge in [-0.15, -0.1) is 0 Å². The third-order valence-electron chi connectivity index (χ3n) is 3.21. The lowest BCUT2D eigenvalue weighted by Gasteiger charge is -2.06. The van der Waals surface area contributed by atoms with Crippen LogP contribution in [0.1, 0.15) is 12.8 Å². The van der Waals surface area contributed by atoms with Gasteiger partial charge in [-0.1, -0.05) is 6.07 Å². The lowest BCUT2D eigenvalue weighted by molar-refractivity contribution is -0.116. The van der Waals surface area contributed by atoms with Crippen molar-refractivity contribution in [3.63, 3.8) is 0 Å². The van der Waals surface area contributed by atoms with Crippen LogP contribution in [0.25, 0.3) is 11.0 Å². The zero-order valence-electron chi connectivity index (χ0n) is 11.0. The molecule has 0 unspecified atom stereocenters. The number of carbonyl (C=O) groups is 1. The SMILES string of the molecule is O=C(CCCn1cccc1)Nc1cccc2[nH]cnc12. The molecule has 0 aliphatic rings. The zero-order valence-corrected chi connectivity index (χ0v) is 11.0. The summed E-state index contributed by atoms with van der Waals surface area (Å²) in [5.74, 6) is 0.0210. The fourth-order valence-corrected chi connectivity index (χ4v) is 2.22. The Kier molecular flexibility index (Phi) is 3.50. The van der Waals surface area contributed by atoms with Crippen molar-refractivity contribution in [1.82, 2.24) is 14.5 Å². The average molecular weight is 268 g/mol. The van der Waals surface area contributed by atoms with Crippen molar-refractivity contribution >= 4 is 22.6 Å². The van der Waals surface area contributed by atoms with Crippen LogP contribution in [-0.4, -0.2) is 20.4 Å². The largest absolute Gasteiger partial charge is 0.354 e. The minimum Gasteiger partial charge on any atom is -0.354 e. The second-order valence-corrected chi connectivity index (χ2v) is 4.68. The number of anilines is 1. The maximum atomic E-state index is 11.9. The Labute approximate surface area is 116 Å². The van der Waals surface area contributed by atoms with E-state index in [-0.39, 0.29) is 5.91 Å². The van der Waals surface area contributed by atoms with Gasteiger partial charge in [-0.25, -0.2) is 4.98 Å². The van der Waals surface area contributed by atoms with Crippen molar-refractivity contribution in [2.45, 2.75) is 19.4 Å². The smallest absolute Gasteiger partial charge is 0.224 e. The fourth-order valence-electron chi connectivity index (χ4n) is 2.22. The fraction of sp³-hybridized carbons (Fsp3) is 0.200. The molecule has 0 saturated carbocycles. The van der Waals surface area contributed by atoms with E-state index in [1.165, 1.54) is 0 Å². The standard InChI is InChI=1S/C15H16N4O/c20-14(7-4-10-19-8-1-2-9-19)18-13-6-3-5-12-15(13)17-11-16-12/h1-3,5-6,8-9,11H,4,7,10H2,(H,16,17)(H,18,20). The Hall–Kier alpha value is -2.56. The van der Waals surface area contributed by atoms with E-state index < -0.39 is 0 Å². The summed E-state index contributed by atoms with van der Waals surface area (Å²) < 4.78 is 2.07. The molecule has 2 N–H and O–H groups in total. The van der Waals surface area contributed by atoms with Crippen LogP contribution < -0.4 is 5.32 Å². The lowest BCUT2D eigenvalue weighted by Crippen LogP contribution is -2.12. The number of H-pyrrole nitrogens is 1. The average Bonchev–Trinajstić information content (AvgIpc) is 3.09. The summed E-state index contributed by atoms with van der Waals surface area (Å²) in [5.41, 5.74) is 2.48. The molecule has 5 heteroatoms. The molecular weight excluding hydrogens is 252 g/mol. The number of imidazole rings is 1. The number of hydrogen-bond donors (Lipinski definition) is 2. The zero-order chi connectivity index (χ0) is 13.8. The van der Waals surface area contributed by atoms with Gasteiger partial charge in [-0.3, -0.25) is 4.79 Å². The van der Waals surface area contributed by atoms with Crippen molar-refractivity contribution in [2.24, 2.45) is 0 Å². The van der Waals surface area contributed by atoms with Gasteiger partial charge in [0.1, 0.15) is 5.52 Å². The Morgan fingerprint density at radius 2 is 2.10 bits per heavy atom. The van der Waals surface area contributed by atoms with Crippen LogP contribution in [0.3, 0.4) is 0 Å².